The molecule has 7 nitrogen and oxygen atoms in total. The van der Waals surface area contributed by atoms with Gasteiger partial charge in [-0.2, -0.15) is 4.31 Å². The molecule has 1 atom stereocenters. The second-order valence-corrected chi connectivity index (χ2v) is 8.73. The number of amides is 1. The molecule has 1 amide bonds. The fraction of sp³-hybridized carbons (Fsp3) is 0.350. The predicted octanol–water partition coefficient (Wildman–Crippen LogP) is 2.03. The minimum Gasteiger partial charge on any atom is -0.481 e. The average Bonchev–Trinajstić information content (AvgIpc) is 2.69. The third-order valence-electron chi connectivity index (χ3n) is 4.65. The van der Waals surface area contributed by atoms with Gasteiger partial charge in [-0.25, -0.2) is 8.42 Å². The molecule has 1 N–H and O–H groups in total. The van der Waals surface area contributed by atoms with Crippen molar-refractivity contribution in [3.8, 4) is 5.75 Å². The Morgan fingerprint density at radius 1 is 1.00 bits per heavy atom. The van der Waals surface area contributed by atoms with Crippen molar-refractivity contribution in [1.82, 2.24) is 9.21 Å². The fourth-order valence-electron chi connectivity index (χ4n) is 2.89. The summed E-state index contributed by atoms with van der Waals surface area (Å²) in [5.41, 5.74) is 0.519. The van der Waals surface area contributed by atoms with E-state index in [-0.39, 0.29) is 10.8 Å². The van der Waals surface area contributed by atoms with Crippen LogP contribution in [0.25, 0.3) is 0 Å². The number of anilines is 1. The molecule has 150 valence electrons. The van der Waals surface area contributed by atoms with Crippen molar-refractivity contribution in [3.63, 3.8) is 0 Å². The van der Waals surface area contributed by atoms with Crippen molar-refractivity contribution in [2.45, 2.75) is 17.9 Å². The van der Waals surface area contributed by atoms with E-state index < -0.39 is 16.1 Å². The first-order valence-electron chi connectivity index (χ1n) is 9.17. The predicted molar refractivity (Wildman–Crippen MR) is 108 cm³/mol. The Bertz CT molecular complexity index is 893. The van der Waals surface area contributed by atoms with Gasteiger partial charge in [0, 0.05) is 31.9 Å². The minimum absolute atomic E-state index is 0.226. The highest BCUT2D eigenvalue weighted by Crippen LogP contribution is 2.20. The highest BCUT2D eigenvalue weighted by molar-refractivity contribution is 7.89. The molecule has 2 aromatic carbocycles. The highest BCUT2D eigenvalue weighted by Gasteiger charge is 2.27. The van der Waals surface area contributed by atoms with E-state index in [1.807, 2.05) is 25.2 Å². The van der Waals surface area contributed by atoms with Crippen molar-refractivity contribution in [2.75, 3.05) is 38.5 Å². The van der Waals surface area contributed by atoms with E-state index in [4.69, 9.17) is 4.74 Å². The molecule has 0 bridgehead atoms. The summed E-state index contributed by atoms with van der Waals surface area (Å²) in [7, 11) is -1.54. The maximum absolute atomic E-state index is 12.7. The summed E-state index contributed by atoms with van der Waals surface area (Å²) in [6, 6.07) is 15.3. The molecule has 3 rings (SSSR count). The van der Waals surface area contributed by atoms with Gasteiger partial charge in [-0.1, -0.05) is 18.2 Å². The molecule has 0 radical (unpaired) electrons. The topological polar surface area (TPSA) is 78.9 Å². The summed E-state index contributed by atoms with van der Waals surface area (Å²) in [6.45, 7) is 4.05. The Kier molecular flexibility index (Phi) is 6.33. The molecule has 0 unspecified atom stereocenters. The molecule has 28 heavy (non-hydrogen) atoms. The Morgan fingerprint density at radius 2 is 1.61 bits per heavy atom. The van der Waals surface area contributed by atoms with Gasteiger partial charge in [0.25, 0.3) is 5.91 Å². The van der Waals surface area contributed by atoms with Crippen molar-refractivity contribution < 1.29 is 17.9 Å². The number of nitrogens with one attached hydrogen (secondary N) is 1. The molecule has 1 saturated heterocycles. The Labute approximate surface area is 166 Å². The van der Waals surface area contributed by atoms with Crippen LogP contribution < -0.4 is 10.1 Å². The number of rotatable bonds is 6. The number of carbonyl (C=O) groups excluding carboxylic acids is 1. The maximum atomic E-state index is 12.7. The molecular weight excluding hydrogens is 378 g/mol. The summed E-state index contributed by atoms with van der Waals surface area (Å²) in [5.74, 6) is 0.303. The van der Waals surface area contributed by atoms with E-state index in [2.05, 4.69) is 10.2 Å². The molecule has 1 aliphatic rings. The standard InChI is InChI=1S/C20H25N3O4S/c1-16(27-18-6-4-3-5-7-18)20(24)21-17-8-10-19(11-9-17)28(25,26)23-14-12-22(2)13-15-23/h3-11,16H,12-15H2,1-2H3,(H,21,24)/t16-/m0/s1. The summed E-state index contributed by atoms with van der Waals surface area (Å²) >= 11 is 0. The summed E-state index contributed by atoms with van der Waals surface area (Å²) in [4.78, 5) is 14.6. The number of hydrogen-bond acceptors (Lipinski definition) is 5. The third kappa shape index (κ3) is 4.89. The van der Waals surface area contributed by atoms with Crippen LogP contribution in [0.3, 0.4) is 0 Å². The van der Waals surface area contributed by atoms with Crippen molar-refractivity contribution in [2.24, 2.45) is 0 Å². The lowest BCUT2D eigenvalue weighted by Crippen LogP contribution is -2.46. The third-order valence-corrected chi connectivity index (χ3v) is 6.56. The van der Waals surface area contributed by atoms with E-state index in [0.717, 1.165) is 0 Å². The van der Waals surface area contributed by atoms with Gasteiger partial charge in [0.05, 0.1) is 4.90 Å². The minimum atomic E-state index is -3.52. The quantitative estimate of drug-likeness (QED) is 0.798. The lowest BCUT2D eigenvalue weighted by molar-refractivity contribution is -0.122. The Hall–Kier alpha value is -2.42. The molecule has 1 heterocycles. The Morgan fingerprint density at radius 3 is 2.21 bits per heavy atom. The normalized spacial score (nSPS) is 17.1. The smallest absolute Gasteiger partial charge is 0.265 e. The number of nitrogens with zero attached hydrogens (tertiary/aromatic N) is 2. The first kappa shape index (κ1) is 20.3. The Balaban J connectivity index is 1.61. The number of piperazine rings is 1. The number of likely N-dealkylation sites (N-methyl/N-ethyl adjacent to an activating group) is 1. The second-order valence-electron chi connectivity index (χ2n) is 6.79. The molecule has 1 fully saturated rings. The van der Waals surface area contributed by atoms with Gasteiger partial charge in [0.15, 0.2) is 6.10 Å². The van der Waals surface area contributed by atoms with Gasteiger partial charge in [-0.15, -0.1) is 0 Å². The van der Waals surface area contributed by atoms with Crippen LogP contribution in [0.4, 0.5) is 5.69 Å². The number of hydrogen-bond donors (Lipinski definition) is 1. The molecule has 0 spiro atoms. The highest BCUT2D eigenvalue weighted by atomic mass is 32.2. The number of carbonyl (C=O) groups is 1. The SMILES string of the molecule is C[C@H](Oc1ccccc1)C(=O)Nc1ccc(S(=O)(=O)N2CCN(C)CC2)cc1. The molecule has 1 aliphatic heterocycles. The molecular formula is C20H25N3O4S. The van der Waals surface area contributed by atoms with Crippen LogP contribution in [0.5, 0.6) is 5.75 Å². The van der Waals surface area contributed by atoms with Crippen molar-refractivity contribution in [1.29, 1.82) is 0 Å². The summed E-state index contributed by atoms with van der Waals surface area (Å²) in [6.07, 6.45) is -0.684. The van der Waals surface area contributed by atoms with Crippen LogP contribution in [0, 0.1) is 0 Å². The van der Waals surface area contributed by atoms with Crippen molar-refractivity contribution in [3.05, 3.63) is 54.6 Å². The number of ether oxygens (including phenoxy) is 1. The largest absolute Gasteiger partial charge is 0.481 e. The molecule has 8 heteroatoms. The van der Waals surface area contributed by atoms with Gasteiger partial charge in [-0.05, 0) is 50.4 Å². The second kappa shape index (κ2) is 8.72. The molecule has 2 aromatic rings. The number of para-hydroxylation sites is 1. The van der Waals surface area contributed by atoms with Crippen LogP contribution in [0.15, 0.2) is 59.5 Å². The monoisotopic (exact) mass is 403 g/mol. The first-order valence-corrected chi connectivity index (χ1v) is 10.6. The summed E-state index contributed by atoms with van der Waals surface area (Å²) in [5, 5.41) is 2.75. The van der Waals surface area contributed by atoms with E-state index in [1.165, 1.54) is 16.4 Å². The lowest BCUT2D eigenvalue weighted by atomic mass is 10.3. The molecule has 0 aromatic heterocycles. The number of sulfonamides is 1. The van der Waals surface area contributed by atoms with Crippen molar-refractivity contribution >= 4 is 21.6 Å². The van der Waals surface area contributed by atoms with Crippen LogP contribution >= 0.6 is 0 Å². The van der Waals surface area contributed by atoms with Gasteiger partial charge >= 0.3 is 0 Å². The van der Waals surface area contributed by atoms with Crippen LogP contribution in [0.1, 0.15) is 6.92 Å². The van der Waals surface area contributed by atoms with Gasteiger partial charge in [0.2, 0.25) is 10.0 Å². The van der Waals surface area contributed by atoms with E-state index in [0.29, 0.717) is 37.6 Å². The fourth-order valence-corrected chi connectivity index (χ4v) is 4.31. The van der Waals surface area contributed by atoms with E-state index in [9.17, 15) is 13.2 Å². The van der Waals surface area contributed by atoms with Gasteiger partial charge in [0.1, 0.15) is 5.75 Å². The van der Waals surface area contributed by atoms with Gasteiger partial charge < -0.3 is 15.0 Å². The number of benzene rings is 2. The maximum Gasteiger partial charge on any atom is 0.265 e. The summed E-state index contributed by atoms with van der Waals surface area (Å²) < 4.78 is 32.6. The van der Waals surface area contributed by atoms with E-state index in [1.54, 1.807) is 31.2 Å². The van der Waals surface area contributed by atoms with Gasteiger partial charge in [-0.3, -0.25) is 4.79 Å². The zero-order valence-corrected chi connectivity index (χ0v) is 16.9. The first-order chi connectivity index (χ1) is 13.4. The lowest BCUT2D eigenvalue weighted by Gasteiger charge is -2.31. The molecule has 0 aliphatic carbocycles. The zero-order chi connectivity index (χ0) is 20.1. The van der Waals surface area contributed by atoms with Crippen LogP contribution in [-0.4, -0.2) is 62.9 Å². The van der Waals surface area contributed by atoms with Crippen LogP contribution in [0.2, 0.25) is 0 Å². The molecule has 0 saturated carbocycles. The average molecular weight is 404 g/mol. The van der Waals surface area contributed by atoms with Crippen LogP contribution in [-0.2, 0) is 14.8 Å². The zero-order valence-electron chi connectivity index (χ0n) is 16.0. The van der Waals surface area contributed by atoms with E-state index >= 15 is 0 Å².